The topological polar surface area (TPSA) is 41.9 Å². The normalized spacial score (nSPS) is 16.2. The minimum absolute atomic E-state index is 0.286. The van der Waals surface area contributed by atoms with Crippen molar-refractivity contribution >= 4 is 17.9 Å². The molecular formula is C15H14N2O2. The number of esters is 1. The Kier molecular flexibility index (Phi) is 2.91. The highest BCUT2D eigenvalue weighted by molar-refractivity contribution is 5.99. The Morgan fingerprint density at radius 3 is 3.11 bits per heavy atom. The predicted octanol–water partition coefficient (Wildman–Crippen LogP) is 2.27. The Hall–Kier alpha value is -2.36. The highest BCUT2D eigenvalue weighted by atomic mass is 16.5. The lowest BCUT2D eigenvalue weighted by atomic mass is 10.1. The molecule has 0 spiro atoms. The first-order valence-corrected chi connectivity index (χ1v) is 6.29. The first-order chi connectivity index (χ1) is 9.31. The fourth-order valence-electron chi connectivity index (χ4n) is 2.33. The number of anilines is 1. The number of aliphatic imine (C=N–C) groups is 1. The molecule has 0 bridgehead atoms. The third-order valence-corrected chi connectivity index (χ3v) is 3.18. The van der Waals surface area contributed by atoms with E-state index >= 15 is 0 Å². The smallest absolute Gasteiger partial charge is 0.340 e. The van der Waals surface area contributed by atoms with Crippen LogP contribution in [0.25, 0.3) is 0 Å². The molecule has 0 saturated carbocycles. The van der Waals surface area contributed by atoms with Gasteiger partial charge in [-0.25, -0.2) is 4.79 Å². The van der Waals surface area contributed by atoms with E-state index in [1.807, 2.05) is 36.6 Å². The molecule has 0 aromatic heterocycles. The van der Waals surface area contributed by atoms with Crippen molar-refractivity contribution in [2.45, 2.75) is 6.92 Å². The maximum atomic E-state index is 11.9. The lowest BCUT2D eigenvalue weighted by molar-refractivity contribution is -0.138. The van der Waals surface area contributed by atoms with Gasteiger partial charge in [0.1, 0.15) is 0 Å². The minimum atomic E-state index is -0.286. The molecule has 0 saturated heterocycles. The fourth-order valence-corrected chi connectivity index (χ4v) is 2.33. The molecule has 0 unspecified atom stereocenters. The van der Waals surface area contributed by atoms with E-state index in [4.69, 9.17) is 4.74 Å². The van der Waals surface area contributed by atoms with Crippen LogP contribution in [0.15, 0.2) is 52.8 Å². The third-order valence-electron chi connectivity index (χ3n) is 3.18. The van der Waals surface area contributed by atoms with Crippen LogP contribution in [0, 0.1) is 0 Å². The largest absolute Gasteiger partial charge is 0.462 e. The molecule has 0 radical (unpaired) electrons. The molecule has 1 aromatic carbocycles. The average molecular weight is 254 g/mol. The molecule has 96 valence electrons. The number of hydrogen-bond donors (Lipinski definition) is 0. The Morgan fingerprint density at radius 1 is 1.42 bits per heavy atom. The van der Waals surface area contributed by atoms with Crippen molar-refractivity contribution in [2.75, 3.05) is 18.1 Å². The van der Waals surface area contributed by atoms with Crippen LogP contribution in [-0.4, -0.2) is 25.3 Å². The van der Waals surface area contributed by atoms with Crippen LogP contribution in [0.2, 0.25) is 0 Å². The molecule has 2 aliphatic heterocycles. The number of ether oxygens (including phenoxy) is 1. The monoisotopic (exact) mass is 254 g/mol. The molecule has 0 atom stereocenters. The first-order valence-electron chi connectivity index (χ1n) is 6.29. The zero-order chi connectivity index (χ0) is 13.2. The van der Waals surface area contributed by atoms with E-state index in [9.17, 15) is 4.79 Å². The highest BCUT2D eigenvalue weighted by Gasteiger charge is 2.28. The molecule has 1 aromatic rings. The number of nitrogens with zero attached hydrogens (tertiary/aromatic N) is 2. The van der Waals surface area contributed by atoms with Gasteiger partial charge >= 0.3 is 5.97 Å². The van der Waals surface area contributed by atoms with Gasteiger partial charge in [-0.15, -0.1) is 0 Å². The Labute approximate surface area is 111 Å². The Morgan fingerprint density at radius 2 is 2.26 bits per heavy atom. The molecule has 3 rings (SSSR count). The van der Waals surface area contributed by atoms with Gasteiger partial charge in [0.15, 0.2) is 0 Å². The van der Waals surface area contributed by atoms with Gasteiger partial charge in [0.25, 0.3) is 0 Å². The standard InChI is InChI=1S/C15H14N2O2/c1-2-19-15(18)12-7-8-17-13-6-4-3-5-11(13)9-16-10-14(12)17/h3-7,9-10H,2,8H2,1H3. The number of fused-ring (bicyclic) bond motifs is 3. The first kappa shape index (κ1) is 11.7. The predicted molar refractivity (Wildman–Crippen MR) is 74.2 cm³/mol. The van der Waals surface area contributed by atoms with Crippen LogP contribution in [-0.2, 0) is 9.53 Å². The van der Waals surface area contributed by atoms with Crippen LogP contribution in [0.3, 0.4) is 0 Å². The maximum Gasteiger partial charge on any atom is 0.340 e. The van der Waals surface area contributed by atoms with Crippen molar-refractivity contribution in [2.24, 2.45) is 4.99 Å². The van der Waals surface area contributed by atoms with Gasteiger partial charge in [0.05, 0.1) is 29.8 Å². The molecule has 19 heavy (non-hydrogen) atoms. The summed E-state index contributed by atoms with van der Waals surface area (Å²) in [5.41, 5.74) is 3.51. The van der Waals surface area contributed by atoms with E-state index in [0.29, 0.717) is 18.7 Å². The zero-order valence-corrected chi connectivity index (χ0v) is 10.7. The van der Waals surface area contributed by atoms with Crippen LogP contribution in [0.5, 0.6) is 0 Å². The van der Waals surface area contributed by atoms with E-state index in [-0.39, 0.29) is 5.97 Å². The summed E-state index contributed by atoms with van der Waals surface area (Å²) in [6, 6.07) is 8.00. The summed E-state index contributed by atoms with van der Waals surface area (Å²) < 4.78 is 5.08. The molecule has 2 heterocycles. The Balaban J connectivity index is 1.98. The molecule has 0 N–H and O–H groups in total. The molecule has 0 fully saturated rings. The number of hydrogen-bond acceptors (Lipinski definition) is 4. The molecule has 0 amide bonds. The summed E-state index contributed by atoms with van der Waals surface area (Å²) in [7, 11) is 0. The van der Waals surface area contributed by atoms with Crippen LogP contribution >= 0.6 is 0 Å². The van der Waals surface area contributed by atoms with Crippen LogP contribution < -0.4 is 4.90 Å². The fraction of sp³-hybridized carbons (Fsp3) is 0.200. The zero-order valence-electron chi connectivity index (χ0n) is 10.7. The van der Waals surface area contributed by atoms with Gasteiger partial charge < -0.3 is 9.64 Å². The summed E-state index contributed by atoms with van der Waals surface area (Å²) in [5.74, 6) is -0.286. The molecule has 0 aliphatic carbocycles. The van der Waals surface area contributed by atoms with Crippen molar-refractivity contribution in [1.29, 1.82) is 0 Å². The summed E-state index contributed by atoms with van der Waals surface area (Å²) in [6.45, 7) is 2.85. The average Bonchev–Trinajstić information content (AvgIpc) is 2.75. The quantitative estimate of drug-likeness (QED) is 0.760. The molecule has 4 heteroatoms. The summed E-state index contributed by atoms with van der Waals surface area (Å²) in [6.07, 6.45) is 5.42. The van der Waals surface area contributed by atoms with Gasteiger partial charge in [-0.3, -0.25) is 4.99 Å². The van der Waals surface area contributed by atoms with Gasteiger partial charge in [0.2, 0.25) is 0 Å². The van der Waals surface area contributed by atoms with E-state index < -0.39 is 0 Å². The molecule has 4 nitrogen and oxygen atoms in total. The highest BCUT2D eigenvalue weighted by Crippen LogP contribution is 2.33. The molecular weight excluding hydrogens is 240 g/mol. The maximum absolute atomic E-state index is 11.9. The van der Waals surface area contributed by atoms with E-state index in [0.717, 1.165) is 16.9 Å². The van der Waals surface area contributed by atoms with Crippen molar-refractivity contribution < 1.29 is 9.53 Å². The minimum Gasteiger partial charge on any atom is -0.462 e. The van der Waals surface area contributed by atoms with E-state index in [1.165, 1.54) is 0 Å². The van der Waals surface area contributed by atoms with Gasteiger partial charge in [-0.2, -0.15) is 0 Å². The summed E-state index contributed by atoms with van der Waals surface area (Å²) >= 11 is 0. The van der Waals surface area contributed by atoms with E-state index in [1.54, 1.807) is 13.1 Å². The second-order valence-electron chi connectivity index (χ2n) is 4.30. The van der Waals surface area contributed by atoms with E-state index in [2.05, 4.69) is 9.89 Å². The lowest BCUT2D eigenvalue weighted by Gasteiger charge is -2.21. The van der Waals surface area contributed by atoms with Crippen molar-refractivity contribution in [3.63, 3.8) is 0 Å². The second kappa shape index (κ2) is 4.72. The number of carbonyl (C=O) groups is 1. The summed E-state index contributed by atoms with van der Waals surface area (Å²) in [5, 5.41) is 0. The van der Waals surface area contributed by atoms with Crippen LogP contribution in [0.1, 0.15) is 12.5 Å². The SMILES string of the molecule is CCOC(=O)C1=CCN2C1=CN=Cc1ccccc12. The number of para-hydroxylation sites is 1. The molecule has 2 aliphatic rings. The number of benzene rings is 1. The van der Waals surface area contributed by atoms with Gasteiger partial charge in [-0.05, 0) is 19.1 Å². The van der Waals surface area contributed by atoms with Crippen molar-refractivity contribution in [1.82, 2.24) is 0 Å². The second-order valence-corrected chi connectivity index (χ2v) is 4.30. The number of carbonyl (C=O) groups excluding carboxylic acids is 1. The van der Waals surface area contributed by atoms with Crippen molar-refractivity contribution in [3.8, 4) is 0 Å². The van der Waals surface area contributed by atoms with Gasteiger partial charge in [0, 0.05) is 18.3 Å². The number of rotatable bonds is 2. The third kappa shape index (κ3) is 1.95. The van der Waals surface area contributed by atoms with Gasteiger partial charge in [-0.1, -0.05) is 18.2 Å². The van der Waals surface area contributed by atoms with Crippen LogP contribution in [0.4, 0.5) is 5.69 Å². The van der Waals surface area contributed by atoms with Crippen molar-refractivity contribution in [3.05, 3.63) is 53.4 Å². The lowest BCUT2D eigenvalue weighted by Crippen LogP contribution is -2.20. The Bertz CT molecular complexity index is 614. The summed E-state index contributed by atoms with van der Waals surface area (Å²) in [4.78, 5) is 18.3.